The van der Waals surface area contributed by atoms with Crippen molar-refractivity contribution in [3.8, 4) is 56.5 Å². The molecule has 6 heteroatoms. The van der Waals surface area contributed by atoms with Crippen molar-refractivity contribution >= 4 is 64.4 Å². The second-order valence-corrected chi connectivity index (χ2v) is 14.4. The molecule has 0 radical (unpaired) electrons. The molecule has 5 nitrogen and oxygen atoms in total. The molecule has 11 rings (SSSR count). The summed E-state index contributed by atoms with van der Waals surface area (Å²) < 4.78 is 8.97. The molecule has 54 heavy (non-hydrogen) atoms. The molecule has 0 fully saturated rings. The van der Waals surface area contributed by atoms with Gasteiger partial charge in [0.25, 0.3) is 0 Å². The second kappa shape index (κ2) is 12.3. The van der Waals surface area contributed by atoms with Crippen LogP contribution in [0.4, 0.5) is 0 Å². The van der Waals surface area contributed by atoms with Crippen LogP contribution in [0, 0.1) is 0 Å². The lowest BCUT2D eigenvalue weighted by atomic mass is 9.95. The van der Waals surface area contributed by atoms with Gasteiger partial charge in [0.15, 0.2) is 17.5 Å². The highest BCUT2D eigenvalue weighted by atomic mass is 32.1. The molecule has 4 aromatic heterocycles. The highest BCUT2D eigenvalue weighted by Crippen LogP contribution is 2.47. The van der Waals surface area contributed by atoms with Gasteiger partial charge in [-0.3, -0.25) is 0 Å². The number of fused-ring (bicyclic) bond motifs is 8. The number of para-hydroxylation sites is 2. The summed E-state index contributed by atoms with van der Waals surface area (Å²) in [4.78, 5) is 20.2. The normalized spacial score (nSPS) is 11.7. The van der Waals surface area contributed by atoms with Crippen LogP contribution in [0.5, 0.6) is 0 Å². The van der Waals surface area contributed by atoms with Gasteiger partial charge in [-0.25, -0.2) is 19.9 Å². The quantitative estimate of drug-likeness (QED) is 0.178. The zero-order chi connectivity index (χ0) is 35.6. The van der Waals surface area contributed by atoms with E-state index in [1.165, 1.54) is 14.8 Å². The number of furan rings is 1. The zero-order valence-electron chi connectivity index (χ0n) is 28.8. The largest absolute Gasteiger partial charge is 0.455 e. The van der Waals surface area contributed by atoms with Crippen molar-refractivity contribution in [3.05, 3.63) is 170 Å². The Kier molecular flexibility index (Phi) is 6.97. The molecule has 4 heterocycles. The van der Waals surface area contributed by atoms with Crippen LogP contribution in [0.1, 0.15) is 0 Å². The maximum absolute atomic E-state index is 6.53. The van der Waals surface area contributed by atoms with Crippen LogP contribution in [0.2, 0.25) is 0 Å². The molecule has 0 aliphatic heterocycles. The zero-order valence-corrected chi connectivity index (χ0v) is 29.6. The molecule has 0 N–H and O–H groups in total. The second-order valence-electron chi connectivity index (χ2n) is 13.4. The van der Waals surface area contributed by atoms with Crippen molar-refractivity contribution in [2.75, 3.05) is 0 Å². The van der Waals surface area contributed by atoms with E-state index >= 15 is 0 Å². The number of benzene rings is 7. The molecule has 0 unspecified atom stereocenters. The average molecular weight is 709 g/mol. The third kappa shape index (κ3) is 4.92. The molecule has 0 saturated heterocycles. The van der Waals surface area contributed by atoms with E-state index in [1.807, 2.05) is 84.1 Å². The topological polar surface area (TPSA) is 64.7 Å². The van der Waals surface area contributed by atoms with Crippen LogP contribution in [-0.2, 0) is 0 Å². The number of thiophene rings is 1. The number of hydrogen-bond donors (Lipinski definition) is 0. The summed E-state index contributed by atoms with van der Waals surface area (Å²) in [5.74, 6) is 1.90. The Bertz CT molecular complexity index is 3150. The fraction of sp³-hybridized carbons (Fsp3) is 0. The van der Waals surface area contributed by atoms with E-state index in [9.17, 15) is 0 Å². The smallest absolute Gasteiger partial charge is 0.164 e. The van der Waals surface area contributed by atoms with Crippen molar-refractivity contribution in [2.24, 2.45) is 0 Å². The molecular weight excluding hydrogens is 681 g/mol. The number of hydrogen-bond acceptors (Lipinski definition) is 6. The van der Waals surface area contributed by atoms with Gasteiger partial charge in [-0.2, -0.15) is 0 Å². The number of rotatable bonds is 5. The van der Waals surface area contributed by atoms with Crippen LogP contribution >= 0.6 is 11.3 Å². The van der Waals surface area contributed by atoms with Gasteiger partial charge in [-0.15, -0.1) is 11.3 Å². The van der Waals surface area contributed by atoms with Crippen LogP contribution in [0.15, 0.2) is 174 Å². The molecule has 0 atom stereocenters. The van der Waals surface area contributed by atoms with Gasteiger partial charge in [0, 0.05) is 64.1 Å². The van der Waals surface area contributed by atoms with Gasteiger partial charge in [-0.05, 0) is 23.8 Å². The molecule has 0 amide bonds. The molecule has 0 saturated carbocycles. The van der Waals surface area contributed by atoms with Gasteiger partial charge in [0.05, 0.1) is 11.2 Å². The lowest BCUT2D eigenvalue weighted by Gasteiger charge is -2.12. The van der Waals surface area contributed by atoms with Crippen LogP contribution in [0.25, 0.3) is 110 Å². The first-order valence-corrected chi connectivity index (χ1v) is 18.7. The van der Waals surface area contributed by atoms with Crippen molar-refractivity contribution in [3.63, 3.8) is 0 Å². The summed E-state index contributed by atoms with van der Waals surface area (Å²) in [5.41, 5.74) is 9.67. The molecular formula is C48H28N4OS. The van der Waals surface area contributed by atoms with E-state index in [-0.39, 0.29) is 0 Å². The van der Waals surface area contributed by atoms with Crippen molar-refractivity contribution in [1.82, 2.24) is 19.9 Å². The number of pyridine rings is 1. The predicted octanol–water partition coefficient (Wildman–Crippen LogP) is 13.0. The molecule has 252 valence electrons. The predicted molar refractivity (Wildman–Crippen MR) is 222 cm³/mol. The Morgan fingerprint density at radius 2 is 0.944 bits per heavy atom. The first kappa shape index (κ1) is 30.6. The van der Waals surface area contributed by atoms with Gasteiger partial charge < -0.3 is 4.42 Å². The third-order valence-corrected chi connectivity index (χ3v) is 11.3. The fourth-order valence-electron chi connectivity index (χ4n) is 7.61. The lowest BCUT2D eigenvalue weighted by Crippen LogP contribution is -2.00. The summed E-state index contributed by atoms with van der Waals surface area (Å²) >= 11 is 1.82. The van der Waals surface area contributed by atoms with Gasteiger partial charge >= 0.3 is 0 Å². The van der Waals surface area contributed by atoms with Crippen molar-refractivity contribution in [2.45, 2.75) is 0 Å². The summed E-state index contributed by atoms with van der Waals surface area (Å²) in [5, 5.41) is 5.71. The molecule has 0 aliphatic rings. The maximum atomic E-state index is 6.53. The molecule has 0 bridgehead atoms. The summed E-state index contributed by atoms with van der Waals surface area (Å²) in [6.07, 6.45) is 0. The Morgan fingerprint density at radius 3 is 1.67 bits per heavy atom. The van der Waals surface area contributed by atoms with E-state index in [2.05, 4.69) is 97.1 Å². The Labute approximate surface area is 313 Å². The van der Waals surface area contributed by atoms with Crippen LogP contribution in [-0.4, -0.2) is 19.9 Å². The summed E-state index contributed by atoms with van der Waals surface area (Å²) in [7, 11) is 0. The first-order chi connectivity index (χ1) is 26.8. The summed E-state index contributed by atoms with van der Waals surface area (Å²) in [6, 6.07) is 58.4. The lowest BCUT2D eigenvalue weighted by molar-refractivity contribution is 0.670. The van der Waals surface area contributed by atoms with E-state index in [0.717, 1.165) is 77.3 Å². The molecule has 0 aliphatic carbocycles. The Morgan fingerprint density at radius 1 is 0.389 bits per heavy atom. The number of nitrogens with zero attached hydrogens (tertiary/aromatic N) is 4. The van der Waals surface area contributed by atoms with E-state index in [4.69, 9.17) is 24.4 Å². The summed E-state index contributed by atoms with van der Waals surface area (Å²) in [6.45, 7) is 0. The highest BCUT2D eigenvalue weighted by molar-refractivity contribution is 7.26. The standard InChI is InChI=1S/C48H28N4OS/c1-3-13-30(14-4-1)46-50-47(31-15-5-2-6-16-31)52-48(51-46)32-27-25-29(26-28-32)43-42-37-18-8-10-24-40(37)54-45(42)41-34(19-12-22-38(41)49-43)36-21-11-20-35-33-17-7-9-23-39(33)53-44(35)36/h1-28H. The van der Waals surface area contributed by atoms with E-state index in [0.29, 0.717) is 17.5 Å². The third-order valence-electron chi connectivity index (χ3n) is 10.1. The minimum atomic E-state index is 0.622. The van der Waals surface area contributed by atoms with E-state index in [1.54, 1.807) is 0 Å². The van der Waals surface area contributed by atoms with Gasteiger partial charge in [0.2, 0.25) is 0 Å². The fourth-order valence-corrected chi connectivity index (χ4v) is 8.88. The van der Waals surface area contributed by atoms with Gasteiger partial charge in [0.1, 0.15) is 11.2 Å². The minimum Gasteiger partial charge on any atom is -0.455 e. The molecule has 0 spiro atoms. The van der Waals surface area contributed by atoms with Crippen LogP contribution in [0.3, 0.4) is 0 Å². The minimum absolute atomic E-state index is 0.622. The molecule has 7 aromatic carbocycles. The van der Waals surface area contributed by atoms with Gasteiger partial charge in [-0.1, -0.05) is 152 Å². The Balaban J connectivity index is 1.10. The van der Waals surface area contributed by atoms with Crippen molar-refractivity contribution < 1.29 is 4.42 Å². The SMILES string of the molecule is c1ccc(-c2nc(-c3ccccc3)nc(-c3ccc(-c4nc5cccc(-c6cccc7c6oc6ccccc67)c5c5sc6ccccc6c45)cc3)n2)cc1. The van der Waals surface area contributed by atoms with E-state index < -0.39 is 0 Å². The Hall–Kier alpha value is -7.02. The monoisotopic (exact) mass is 708 g/mol. The highest BCUT2D eigenvalue weighted by Gasteiger charge is 2.21. The molecule has 11 aromatic rings. The number of aromatic nitrogens is 4. The maximum Gasteiger partial charge on any atom is 0.164 e. The average Bonchev–Trinajstić information content (AvgIpc) is 3.83. The van der Waals surface area contributed by atoms with Crippen LogP contribution < -0.4 is 0 Å². The van der Waals surface area contributed by atoms with Crippen molar-refractivity contribution in [1.29, 1.82) is 0 Å². The first-order valence-electron chi connectivity index (χ1n) is 17.9.